The molecule has 8 aromatic carbocycles. The van der Waals surface area contributed by atoms with Crippen molar-refractivity contribution in [2.45, 2.75) is 77.6 Å². The summed E-state index contributed by atoms with van der Waals surface area (Å²) in [6.45, 7) is 12.0. The first-order valence-electron chi connectivity index (χ1n) is 24.0. The van der Waals surface area contributed by atoms with E-state index in [1.807, 2.05) is 114 Å². The molecule has 8 rings (SSSR count). The number of carbonyl (C=O) groups is 1. The van der Waals surface area contributed by atoms with Crippen LogP contribution >= 0.6 is 11.8 Å². The highest BCUT2D eigenvalue weighted by molar-refractivity contribution is 8.06. The van der Waals surface area contributed by atoms with Gasteiger partial charge < -0.3 is 14.2 Å². The molecule has 8 aromatic rings. The molecule has 2 N–H and O–H groups in total. The fourth-order valence-electron chi connectivity index (χ4n) is 8.17. The van der Waals surface area contributed by atoms with Gasteiger partial charge in [-0.3, -0.25) is 9.35 Å². The van der Waals surface area contributed by atoms with Gasteiger partial charge in [-0.1, -0.05) is 128 Å². The van der Waals surface area contributed by atoms with Crippen LogP contribution in [0.25, 0.3) is 0 Å². The molecule has 410 valence electrons. The Hall–Kier alpha value is -7.33. The highest BCUT2D eigenvalue weighted by Gasteiger charge is 2.67. The van der Waals surface area contributed by atoms with Crippen molar-refractivity contribution in [1.29, 1.82) is 0 Å². The molecule has 0 saturated heterocycles. The fraction of sp³-hybridized carbons (Fsp3) is 0.169. The normalized spacial score (nSPS) is 12.7. The van der Waals surface area contributed by atoms with E-state index in [1.165, 1.54) is 6.07 Å². The van der Waals surface area contributed by atoms with E-state index in [1.54, 1.807) is 72.8 Å². The first-order chi connectivity index (χ1) is 36.9. The predicted molar refractivity (Wildman–Crippen MR) is 294 cm³/mol. The van der Waals surface area contributed by atoms with Crippen LogP contribution < -0.4 is 18.3 Å². The molecule has 12 nitrogen and oxygen atoms in total. The second kappa shape index (κ2) is 22.1. The van der Waals surface area contributed by atoms with Crippen LogP contribution in [0, 0.1) is 13.8 Å². The lowest BCUT2D eigenvalue weighted by Crippen LogP contribution is -2.51. The first kappa shape index (κ1) is 57.8. The number of halogens is 4. The molecule has 0 aliphatic carbocycles. The Bertz CT molecular complexity index is 3860. The van der Waals surface area contributed by atoms with Crippen LogP contribution in [0.1, 0.15) is 77.0 Å². The molecule has 0 aliphatic rings. The zero-order valence-electron chi connectivity index (χ0n) is 43.1. The molecule has 0 saturated carbocycles. The number of thioether (sulfide) groups is 1. The number of ketones is 1. The molecule has 20 heteroatoms. The lowest BCUT2D eigenvalue weighted by molar-refractivity contribution is -0.0905. The summed E-state index contributed by atoms with van der Waals surface area (Å²) in [6.07, 6.45) is 0. The van der Waals surface area contributed by atoms with Gasteiger partial charge in [0, 0.05) is 28.0 Å². The molecule has 0 amide bonds. The smallest absolute Gasteiger partial charge is 0.431 e. The van der Waals surface area contributed by atoms with Gasteiger partial charge in [0.25, 0.3) is 30.2 Å². The van der Waals surface area contributed by atoms with Gasteiger partial charge in [-0.2, -0.15) is 26.0 Å². The second-order valence-electron chi connectivity index (χ2n) is 19.5. The number of rotatable bonds is 20. The van der Waals surface area contributed by atoms with Crippen molar-refractivity contribution < 1.29 is 66.4 Å². The summed E-state index contributed by atoms with van der Waals surface area (Å²) >= 11 is -0.914. The van der Waals surface area contributed by atoms with Gasteiger partial charge in [-0.25, -0.2) is 16.8 Å². The summed E-state index contributed by atoms with van der Waals surface area (Å²) in [4.78, 5) is 10.3. The van der Waals surface area contributed by atoms with Gasteiger partial charge in [-0.15, -0.1) is 0 Å². The van der Waals surface area contributed by atoms with E-state index in [9.17, 15) is 34.6 Å². The maximum absolute atomic E-state index is 15.9. The van der Waals surface area contributed by atoms with E-state index in [0.29, 0.717) is 51.0 Å². The molecule has 0 aromatic heterocycles. The van der Waals surface area contributed by atoms with E-state index in [0.717, 1.165) is 45.5 Å². The summed E-state index contributed by atoms with van der Waals surface area (Å²) in [7, 11) is -17.2. The van der Waals surface area contributed by atoms with Crippen LogP contribution in [0.3, 0.4) is 0 Å². The first-order valence-corrected chi connectivity index (χ1v) is 29.3. The van der Waals surface area contributed by atoms with Gasteiger partial charge >= 0.3 is 10.5 Å². The third kappa shape index (κ3) is 12.9. The minimum absolute atomic E-state index is 0.00190. The Morgan fingerprint density at radius 2 is 0.810 bits per heavy atom. The average Bonchev–Trinajstić information content (AvgIpc) is 3.56. The molecule has 0 spiro atoms. The fourth-order valence-corrected chi connectivity index (χ4v) is 12.6. The summed E-state index contributed by atoms with van der Waals surface area (Å²) in [5.74, 6) is 0.922. The van der Waals surface area contributed by atoms with Gasteiger partial charge in [-0.05, 0) is 145 Å². The number of ether oxygens (including phenoxy) is 3. The lowest BCUT2D eigenvalue weighted by Gasteiger charge is -2.27. The third-order valence-corrected chi connectivity index (χ3v) is 18.8. The Morgan fingerprint density at radius 3 is 1.24 bits per heavy atom. The number of nitrogens with one attached hydrogen (secondary N) is 1. The van der Waals surface area contributed by atoms with Crippen molar-refractivity contribution >= 4 is 47.7 Å². The molecule has 0 heterocycles. The SMILES string of the molecule is Cc1ccc(C(=O)c2ccc(Oc3ccc(C(C)(C)c4ccc(Oc5ccc(SC(F)(F)C(F)(F)S(=O)(=O)NS(=O)(=O)c6ccc(S(=O)(=O)O)cc6)c(Oc6ccc(C(C)(C)c7ccc(C)cc7)cc6)c5)cc4)cc3)cc2)cc1. The lowest BCUT2D eigenvalue weighted by atomic mass is 9.78. The van der Waals surface area contributed by atoms with Gasteiger partial charge in [0.05, 0.1) is 14.7 Å². The maximum Gasteiger partial charge on any atom is 0.431 e. The minimum atomic E-state index is -6.79. The highest BCUT2D eigenvalue weighted by atomic mass is 32.3. The molecule has 0 radical (unpaired) electrons. The molecular weight excluding hydrogens is 1100 g/mol. The van der Waals surface area contributed by atoms with Crippen LogP contribution in [0.4, 0.5) is 17.6 Å². The van der Waals surface area contributed by atoms with E-state index in [4.69, 9.17) is 14.2 Å². The van der Waals surface area contributed by atoms with E-state index >= 15 is 17.6 Å². The van der Waals surface area contributed by atoms with Gasteiger partial charge in [0.1, 0.15) is 34.5 Å². The summed E-state index contributed by atoms with van der Waals surface area (Å²) in [5.41, 5.74) is 5.85. The Kier molecular flexibility index (Phi) is 16.2. The van der Waals surface area contributed by atoms with Crippen molar-refractivity contribution in [3.63, 3.8) is 0 Å². The number of carbonyl (C=O) groups excluding carboxylic acids is 1. The summed E-state index contributed by atoms with van der Waals surface area (Å²) in [6, 6.07) is 48.5. The highest BCUT2D eigenvalue weighted by Crippen LogP contribution is 2.52. The number of hydrogen-bond donors (Lipinski definition) is 2. The van der Waals surface area contributed by atoms with Crippen molar-refractivity contribution in [3.05, 3.63) is 233 Å². The van der Waals surface area contributed by atoms with E-state index in [-0.39, 0.29) is 23.0 Å². The van der Waals surface area contributed by atoms with Crippen molar-refractivity contribution in [2.24, 2.45) is 0 Å². The van der Waals surface area contributed by atoms with Crippen LogP contribution in [0.5, 0.6) is 34.5 Å². The van der Waals surface area contributed by atoms with Crippen LogP contribution in [0.15, 0.2) is 203 Å². The van der Waals surface area contributed by atoms with Gasteiger partial charge in [0.2, 0.25) is 0 Å². The number of sulfonamides is 2. The zero-order valence-corrected chi connectivity index (χ0v) is 46.3. The third-order valence-electron chi connectivity index (χ3n) is 13.1. The largest absolute Gasteiger partial charge is 0.457 e. The molecule has 0 unspecified atom stereocenters. The Balaban J connectivity index is 1.01. The molecule has 0 atom stereocenters. The average molecular weight is 1150 g/mol. The van der Waals surface area contributed by atoms with E-state index in [2.05, 4.69) is 0 Å². The van der Waals surface area contributed by atoms with Crippen LogP contribution in [-0.4, -0.2) is 46.1 Å². The molecule has 0 fully saturated rings. The quantitative estimate of drug-likeness (QED) is 0.0320. The molecule has 79 heavy (non-hydrogen) atoms. The van der Waals surface area contributed by atoms with Crippen molar-refractivity contribution in [1.82, 2.24) is 4.13 Å². The standard InChI is InChI=1S/C59H51F4NO11S4/c1-38-7-11-40(12-8-38)55(65)41-13-23-46(24-14-41)73-47-25-17-43(18-26-47)57(5,6)44-19-27-48(28-20-44)74-50-31-36-54(53(37-50)75-49-29-21-45(22-30-49)56(3,4)42-15-9-39(2)10-16-42)76-58(60,61)59(62,63)79(71,72)64-77(66,67)51-32-34-52(35-33-51)78(68,69)70/h7-37,64H,1-6H3,(H,68,69,70). The van der Waals surface area contributed by atoms with Crippen molar-refractivity contribution in [2.75, 3.05) is 0 Å². The van der Waals surface area contributed by atoms with E-state index < -0.39 is 83.7 Å². The Labute approximate surface area is 460 Å². The number of benzene rings is 8. The second-order valence-corrected chi connectivity index (χ2v) is 25.7. The number of aryl methyl sites for hydroxylation is 2. The molecule has 0 bridgehead atoms. The van der Waals surface area contributed by atoms with Crippen LogP contribution in [-0.2, 0) is 41.0 Å². The minimum Gasteiger partial charge on any atom is -0.457 e. The molecule has 0 aliphatic heterocycles. The predicted octanol–water partition coefficient (Wildman–Crippen LogP) is 14.4. The summed E-state index contributed by atoms with van der Waals surface area (Å²) < 4.78 is 166. The maximum atomic E-state index is 15.9. The topological polar surface area (TPSA) is 179 Å². The zero-order chi connectivity index (χ0) is 57.3. The van der Waals surface area contributed by atoms with Crippen LogP contribution in [0.2, 0.25) is 0 Å². The molecular formula is C59H51F4NO11S4. The van der Waals surface area contributed by atoms with Crippen molar-refractivity contribution in [3.8, 4) is 34.5 Å². The Morgan fingerprint density at radius 1 is 0.468 bits per heavy atom. The monoisotopic (exact) mass is 1150 g/mol. The summed E-state index contributed by atoms with van der Waals surface area (Å²) in [5, 5.41) is -11.7. The van der Waals surface area contributed by atoms with Gasteiger partial charge in [0.15, 0.2) is 5.78 Å². The number of alkyl halides is 4. The number of hydrogen-bond acceptors (Lipinski definition) is 11.